The zero-order valence-electron chi connectivity index (χ0n) is 11.5. The molecule has 2 nitrogen and oxygen atoms in total. The van der Waals surface area contributed by atoms with Crippen LogP contribution in [0.4, 0.5) is 0 Å². The first kappa shape index (κ1) is 13.3. The lowest BCUT2D eigenvalue weighted by atomic mass is 10.1. The molecule has 3 heteroatoms. The monoisotopic (exact) mass is 262 g/mol. The van der Waals surface area contributed by atoms with Crippen LogP contribution in [0.15, 0.2) is 18.2 Å². The summed E-state index contributed by atoms with van der Waals surface area (Å²) in [5.74, 6) is 0.795. The molecule has 0 atom stereocenters. The van der Waals surface area contributed by atoms with E-state index in [0.29, 0.717) is 0 Å². The van der Waals surface area contributed by atoms with Gasteiger partial charge in [-0.15, -0.1) is 0 Å². The first-order chi connectivity index (χ1) is 8.58. The lowest BCUT2D eigenvalue weighted by molar-refractivity contribution is 0.511. The maximum Gasteiger partial charge on any atom is 0.178 e. The Bertz CT molecular complexity index is 578. The minimum Gasteiger partial charge on any atom is -0.331 e. The highest BCUT2D eigenvalue weighted by Crippen LogP contribution is 2.17. The predicted octanol–water partition coefficient (Wildman–Crippen LogP) is 4.83. The molecule has 0 aliphatic rings. The number of rotatable bonds is 5. The highest BCUT2D eigenvalue weighted by atomic mass is 32.1. The van der Waals surface area contributed by atoms with Crippen molar-refractivity contribution < 1.29 is 0 Å². The molecule has 0 bridgehead atoms. The van der Waals surface area contributed by atoms with E-state index in [1.165, 1.54) is 30.3 Å². The molecule has 0 saturated carbocycles. The van der Waals surface area contributed by atoms with Crippen LogP contribution in [0.1, 0.15) is 38.7 Å². The van der Waals surface area contributed by atoms with Crippen LogP contribution in [0.25, 0.3) is 11.0 Å². The van der Waals surface area contributed by atoms with Gasteiger partial charge in [0.1, 0.15) is 0 Å². The number of unbranched alkanes of at least 4 members (excludes halogenated alkanes) is 1. The van der Waals surface area contributed by atoms with Gasteiger partial charge in [0.05, 0.1) is 11.0 Å². The van der Waals surface area contributed by atoms with Gasteiger partial charge in [-0.2, -0.15) is 0 Å². The Morgan fingerprint density at radius 3 is 2.78 bits per heavy atom. The molecule has 0 saturated heterocycles. The first-order valence-electron chi connectivity index (χ1n) is 6.77. The van der Waals surface area contributed by atoms with Crippen LogP contribution in [0.5, 0.6) is 0 Å². The SMILES string of the molecule is Cc1ccc2c(c1)[nH]c(=S)n2CCCCC(C)C. The van der Waals surface area contributed by atoms with Crippen LogP contribution < -0.4 is 0 Å². The molecule has 98 valence electrons. The van der Waals surface area contributed by atoms with Gasteiger partial charge in [-0.25, -0.2) is 0 Å². The van der Waals surface area contributed by atoms with Gasteiger partial charge in [0.25, 0.3) is 0 Å². The number of fused-ring (bicyclic) bond motifs is 1. The third-order valence-corrected chi connectivity index (χ3v) is 3.67. The Balaban J connectivity index is 2.13. The van der Waals surface area contributed by atoms with Crippen molar-refractivity contribution >= 4 is 23.3 Å². The van der Waals surface area contributed by atoms with Gasteiger partial charge < -0.3 is 9.55 Å². The zero-order valence-corrected chi connectivity index (χ0v) is 12.3. The second-order valence-corrected chi connectivity index (χ2v) is 5.88. The number of hydrogen-bond donors (Lipinski definition) is 1. The van der Waals surface area contributed by atoms with Crippen LogP contribution in [0.3, 0.4) is 0 Å². The number of H-pyrrole nitrogens is 1. The summed E-state index contributed by atoms with van der Waals surface area (Å²) < 4.78 is 3.07. The van der Waals surface area contributed by atoms with E-state index in [1.54, 1.807) is 0 Å². The number of benzene rings is 1. The van der Waals surface area contributed by atoms with E-state index >= 15 is 0 Å². The van der Waals surface area contributed by atoms with E-state index in [1.807, 2.05) is 0 Å². The Morgan fingerprint density at radius 1 is 1.28 bits per heavy atom. The normalized spacial score (nSPS) is 11.6. The van der Waals surface area contributed by atoms with Gasteiger partial charge in [-0.1, -0.05) is 32.8 Å². The average Bonchev–Trinajstić information content (AvgIpc) is 2.59. The number of aromatic nitrogens is 2. The van der Waals surface area contributed by atoms with Crippen molar-refractivity contribution in [1.29, 1.82) is 0 Å². The molecule has 1 aromatic heterocycles. The quantitative estimate of drug-likeness (QED) is 0.604. The molecule has 1 N–H and O–H groups in total. The molecule has 2 aromatic rings. The van der Waals surface area contributed by atoms with Crippen LogP contribution in [0.2, 0.25) is 0 Å². The largest absolute Gasteiger partial charge is 0.331 e. The van der Waals surface area contributed by atoms with Crippen molar-refractivity contribution in [2.75, 3.05) is 0 Å². The molecule has 1 heterocycles. The molecule has 2 rings (SSSR count). The van der Waals surface area contributed by atoms with Crippen LogP contribution in [-0.4, -0.2) is 9.55 Å². The molecule has 0 radical (unpaired) electrons. The maximum atomic E-state index is 5.40. The minimum absolute atomic E-state index is 0.795. The summed E-state index contributed by atoms with van der Waals surface area (Å²) in [5, 5.41) is 0. The minimum atomic E-state index is 0.795. The molecule has 0 fully saturated rings. The van der Waals surface area contributed by atoms with E-state index in [0.717, 1.165) is 22.8 Å². The fourth-order valence-electron chi connectivity index (χ4n) is 2.32. The number of aromatic amines is 1. The number of nitrogens with one attached hydrogen (secondary N) is 1. The van der Waals surface area contributed by atoms with Crippen molar-refractivity contribution in [2.45, 2.75) is 46.6 Å². The lowest BCUT2D eigenvalue weighted by Gasteiger charge is -2.06. The molecule has 0 aliphatic carbocycles. The summed E-state index contributed by atoms with van der Waals surface area (Å²) in [7, 11) is 0. The molecule has 0 unspecified atom stereocenters. The standard InChI is InChI=1S/C15H22N2S/c1-11(2)6-4-5-9-17-14-8-7-12(3)10-13(14)16-15(17)18/h7-8,10-11H,4-6,9H2,1-3H3,(H,16,18). The smallest absolute Gasteiger partial charge is 0.178 e. The predicted molar refractivity (Wildman–Crippen MR) is 80.5 cm³/mol. The number of nitrogens with zero attached hydrogens (tertiary/aromatic N) is 1. The first-order valence-corrected chi connectivity index (χ1v) is 7.18. The second kappa shape index (κ2) is 5.70. The average molecular weight is 262 g/mol. The summed E-state index contributed by atoms with van der Waals surface area (Å²) in [6, 6.07) is 6.48. The zero-order chi connectivity index (χ0) is 13.1. The van der Waals surface area contributed by atoms with Crippen molar-refractivity contribution in [3.05, 3.63) is 28.5 Å². The molecule has 0 amide bonds. The molecule has 0 aliphatic heterocycles. The second-order valence-electron chi connectivity index (χ2n) is 5.49. The van der Waals surface area contributed by atoms with E-state index in [2.05, 4.69) is 48.5 Å². The Labute approximate surface area is 114 Å². The van der Waals surface area contributed by atoms with Gasteiger partial charge in [0.15, 0.2) is 4.77 Å². The van der Waals surface area contributed by atoms with Gasteiger partial charge >= 0.3 is 0 Å². The van der Waals surface area contributed by atoms with Crippen molar-refractivity contribution in [3.63, 3.8) is 0 Å². The molecular formula is C15H22N2S. The molecule has 1 aromatic carbocycles. The topological polar surface area (TPSA) is 20.7 Å². The van der Waals surface area contributed by atoms with E-state index in [-0.39, 0.29) is 0 Å². The summed E-state index contributed by atoms with van der Waals surface area (Å²) >= 11 is 5.40. The number of imidazole rings is 1. The third-order valence-electron chi connectivity index (χ3n) is 3.34. The molecule has 0 spiro atoms. The maximum absolute atomic E-state index is 5.40. The Morgan fingerprint density at radius 2 is 2.06 bits per heavy atom. The highest BCUT2D eigenvalue weighted by Gasteiger charge is 2.04. The van der Waals surface area contributed by atoms with Crippen LogP contribution in [0, 0.1) is 17.6 Å². The van der Waals surface area contributed by atoms with E-state index in [9.17, 15) is 0 Å². The van der Waals surface area contributed by atoms with Gasteiger partial charge in [0, 0.05) is 6.54 Å². The van der Waals surface area contributed by atoms with Crippen LogP contribution >= 0.6 is 12.2 Å². The van der Waals surface area contributed by atoms with E-state index in [4.69, 9.17) is 12.2 Å². The van der Waals surface area contributed by atoms with Gasteiger partial charge in [-0.05, 0) is 49.2 Å². The van der Waals surface area contributed by atoms with Crippen LogP contribution in [-0.2, 0) is 6.54 Å². The fraction of sp³-hybridized carbons (Fsp3) is 0.533. The van der Waals surface area contributed by atoms with Crippen molar-refractivity contribution in [1.82, 2.24) is 9.55 Å². The molecular weight excluding hydrogens is 240 g/mol. The summed E-state index contributed by atoms with van der Waals surface area (Å²) in [6.07, 6.45) is 3.78. The number of aryl methyl sites for hydroxylation is 2. The Hall–Kier alpha value is -1.09. The van der Waals surface area contributed by atoms with E-state index < -0.39 is 0 Å². The van der Waals surface area contributed by atoms with Crippen molar-refractivity contribution in [3.8, 4) is 0 Å². The molecule has 18 heavy (non-hydrogen) atoms. The Kier molecular flexibility index (Phi) is 4.23. The van der Waals surface area contributed by atoms with Gasteiger partial charge in [0.2, 0.25) is 0 Å². The summed E-state index contributed by atoms with van der Waals surface area (Å²) in [6.45, 7) is 7.69. The fourth-order valence-corrected chi connectivity index (χ4v) is 2.62. The van der Waals surface area contributed by atoms with Crippen molar-refractivity contribution in [2.24, 2.45) is 5.92 Å². The third kappa shape index (κ3) is 3.02. The van der Waals surface area contributed by atoms with Gasteiger partial charge in [-0.3, -0.25) is 0 Å². The summed E-state index contributed by atoms with van der Waals surface area (Å²) in [4.78, 5) is 3.30. The lowest BCUT2D eigenvalue weighted by Crippen LogP contribution is -1.99. The summed E-state index contributed by atoms with van der Waals surface area (Å²) in [5.41, 5.74) is 3.66. The highest BCUT2D eigenvalue weighted by molar-refractivity contribution is 7.71. The number of hydrogen-bond acceptors (Lipinski definition) is 1.